The largest absolute Gasteiger partial charge is 0.339 e. The first kappa shape index (κ1) is 22.0. The molecule has 1 aliphatic rings. The number of aromatic amines is 1. The Kier molecular flexibility index (Phi) is 6.50. The summed E-state index contributed by atoms with van der Waals surface area (Å²) in [6.45, 7) is 1.62. The van der Waals surface area contributed by atoms with E-state index in [0.717, 1.165) is 6.07 Å². The molecule has 1 aromatic heterocycles. The SMILES string of the molecule is O=C(CCCc1nc2ccccc2c(=O)[nH]1)N1CCN(C(=O)c2ccc(F)cc2Cl)CC1. The van der Waals surface area contributed by atoms with E-state index >= 15 is 0 Å². The topological polar surface area (TPSA) is 86.4 Å². The number of carbonyl (C=O) groups excluding carboxylic acids is 2. The lowest BCUT2D eigenvalue weighted by atomic mass is 10.1. The van der Waals surface area contributed by atoms with Gasteiger partial charge < -0.3 is 14.8 Å². The van der Waals surface area contributed by atoms with Crippen molar-refractivity contribution in [2.45, 2.75) is 19.3 Å². The molecule has 1 N–H and O–H groups in total. The van der Waals surface area contributed by atoms with Gasteiger partial charge in [0.15, 0.2) is 0 Å². The number of carbonyl (C=O) groups is 2. The van der Waals surface area contributed by atoms with Crippen LogP contribution in [-0.4, -0.2) is 57.8 Å². The summed E-state index contributed by atoms with van der Waals surface area (Å²) < 4.78 is 13.2. The third kappa shape index (κ3) is 4.80. The normalized spacial score (nSPS) is 14.1. The number of halogens is 2. The minimum Gasteiger partial charge on any atom is -0.339 e. The summed E-state index contributed by atoms with van der Waals surface area (Å²) in [6.07, 6.45) is 1.38. The Labute approximate surface area is 188 Å². The van der Waals surface area contributed by atoms with Crippen LogP contribution in [0.1, 0.15) is 29.0 Å². The summed E-state index contributed by atoms with van der Waals surface area (Å²) >= 11 is 5.99. The number of nitrogens with zero attached hydrogens (tertiary/aromatic N) is 3. The van der Waals surface area contributed by atoms with Crippen LogP contribution >= 0.6 is 11.6 Å². The number of benzene rings is 2. The first-order chi connectivity index (χ1) is 15.4. The minimum absolute atomic E-state index is 0.0000460. The molecule has 0 radical (unpaired) electrons. The smallest absolute Gasteiger partial charge is 0.258 e. The summed E-state index contributed by atoms with van der Waals surface area (Å²) in [6, 6.07) is 10.8. The van der Waals surface area contributed by atoms with Gasteiger partial charge in [-0.2, -0.15) is 0 Å². The molecule has 1 saturated heterocycles. The van der Waals surface area contributed by atoms with Crippen LogP contribution in [0.3, 0.4) is 0 Å². The van der Waals surface area contributed by atoms with Crippen LogP contribution in [0, 0.1) is 5.82 Å². The number of hydrogen-bond donors (Lipinski definition) is 1. The Morgan fingerprint density at radius 2 is 1.78 bits per heavy atom. The van der Waals surface area contributed by atoms with Gasteiger partial charge in [-0.25, -0.2) is 9.37 Å². The van der Waals surface area contributed by atoms with Gasteiger partial charge in [-0.1, -0.05) is 23.7 Å². The van der Waals surface area contributed by atoms with E-state index in [0.29, 0.717) is 62.2 Å². The first-order valence-corrected chi connectivity index (χ1v) is 10.8. The highest BCUT2D eigenvalue weighted by Gasteiger charge is 2.25. The molecule has 1 aliphatic heterocycles. The van der Waals surface area contributed by atoms with Crippen LogP contribution < -0.4 is 5.56 Å². The van der Waals surface area contributed by atoms with E-state index in [2.05, 4.69) is 9.97 Å². The summed E-state index contributed by atoms with van der Waals surface area (Å²) in [4.78, 5) is 47.9. The van der Waals surface area contributed by atoms with Crippen molar-refractivity contribution in [2.75, 3.05) is 26.2 Å². The number of aromatic nitrogens is 2. The summed E-state index contributed by atoms with van der Waals surface area (Å²) in [5.74, 6) is -0.202. The Morgan fingerprint density at radius 3 is 2.53 bits per heavy atom. The predicted molar refractivity (Wildman–Crippen MR) is 119 cm³/mol. The maximum Gasteiger partial charge on any atom is 0.258 e. The van der Waals surface area contributed by atoms with Crippen LogP contribution in [-0.2, 0) is 11.2 Å². The zero-order valence-electron chi connectivity index (χ0n) is 17.3. The van der Waals surface area contributed by atoms with E-state index in [1.54, 1.807) is 28.0 Å². The van der Waals surface area contributed by atoms with Crippen molar-refractivity contribution >= 4 is 34.3 Å². The van der Waals surface area contributed by atoms with E-state index in [-0.39, 0.29) is 28.0 Å². The lowest BCUT2D eigenvalue weighted by molar-refractivity contribution is -0.132. The lowest BCUT2D eigenvalue weighted by Gasteiger charge is -2.35. The van der Waals surface area contributed by atoms with E-state index in [1.165, 1.54) is 12.1 Å². The number of aryl methyl sites for hydroxylation is 1. The quantitative estimate of drug-likeness (QED) is 0.639. The van der Waals surface area contributed by atoms with E-state index < -0.39 is 5.82 Å². The zero-order valence-corrected chi connectivity index (χ0v) is 18.1. The number of para-hydroxylation sites is 1. The highest BCUT2D eigenvalue weighted by Crippen LogP contribution is 2.20. The fourth-order valence-corrected chi connectivity index (χ4v) is 4.06. The van der Waals surface area contributed by atoms with Crippen LogP contribution in [0.4, 0.5) is 4.39 Å². The van der Waals surface area contributed by atoms with Gasteiger partial charge in [0, 0.05) is 39.0 Å². The second-order valence-electron chi connectivity index (χ2n) is 7.68. The average molecular weight is 457 g/mol. The maximum atomic E-state index is 13.2. The van der Waals surface area contributed by atoms with Crippen LogP contribution in [0.2, 0.25) is 5.02 Å². The molecule has 0 spiro atoms. The molecule has 4 rings (SSSR count). The van der Waals surface area contributed by atoms with Gasteiger partial charge in [0.05, 0.1) is 21.5 Å². The molecule has 2 aromatic carbocycles. The number of piperazine rings is 1. The van der Waals surface area contributed by atoms with Gasteiger partial charge in [0.2, 0.25) is 5.91 Å². The number of H-pyrrole nitrogens is 1. The highest BCUT2D eigenvalue weighted by atomic mass is 35.5. The van der Waals surface area contributed by atoms with Crippen molar-refractivity contribution in [3.05, 3.63) is 75.0 Å². The second-order valence-corrected chi connectivity index (χ2v) is 8.09. The van der Waals surface area contributed by atoms with Gasteiger partial charge in [0.1, 0.15) is 11.6 Å². The van der Waals surface area contributed by atoms with Crippen molar-refractivity contribution in [2.24, 2.45) is 0 Å². The van der Waals surface area contributed by atoms with E-state index in [4.69, 9.17) is 11.6 Å². The van der Waals surface area contributed by atoms with E-state index in [1.807, 2.05) is 6.07 Å². The number of rotatable bonds is 5. The van der Waals surface area contributed by atoms with Crippen molar-refractivity contribution in [1.82, 2.24) is 19.8 Å². The number of nitrogens with one attached hydrogen (secondary N) is 1. The molecule has 0 unspecified atom stereocenters. The molecule has 0 atom stereocenters. The Morgan fingerprint density at radius 1 is 1.06 bits per heavy atom. The molecule has 2 amide bonds. The Balaban J connectivity index is 1.28. The highest BCUT2D eigenvalue weighted by molar-refractivity contribution is 6.33. The monoisotopic (exact) mass is 456 g/mol. The molecule has 7 nitrogen and oxygen atoms in total. The molecule has 0 saturated carbocycles. The van der Waals surface area contributed by atoms with Crippen LogP contribution in [0.25, 0.3) is 10.9 Å². The van der Waals surface area contributed by atoms with Gasteiger partial charge in [-0.3, -0.25) is 14.4 Å². The average Bonchev–Trinajstić information content (AvgIpc) is 2.79. The molecule has 1 fully saturated rings. The Hall–Kier alpha value is -3.26. The van der Waals surface area contributed by atoms with Crippen molar-refractivity contribution in [1.29, 1.82) is 0 Å². The Bertz CT molecular complexity index is 1220. The molecule has 9 heteroatoms. The van der Waals surface area contributed by atoms with Crippen molar-refractivity contribution in [3.8, 4) is 0 Å². The number of amides is 2. The summed E-state index contributed by atoms with van der Waals surface area (Å²) in [7, 11) is 0. The van der Waals surface area contributed by atoms with Crippen molar-refractivity contribution < 1.29 is 14.0 Å². The van der Waals surface area contributed by atoms with Crippen LogP contribution in [0.15, 0.2) is 47.3 Å². The van der Waals surface area contributed by atoms with Gasteiger partial charge in [-0.05, 0) is 36.8 Å². The number of hydrogen-bond acceptors (Lipinski definition) is 4. The predicted octanol–water partition coefficient (Wildman–Crippen LogP) is 3.02. The molecule has 166 valence electrons. The molecular formula is C23H22ClFN4O3. The molecule has 32 heavy (non-hydrogen) atoms. The van der Waals surface area contributed by atoms with Gasteiger partial charge >= 0.3 is 0 Å². The van der Waals surface area contributed by atoms with Crippen molar-refractivity contribution in [3.63, 3.8) is 0 Å². The maximum absolute atomic E-state index is 13.2. The summed E-state index contributed by atoms with van der Waals surface area (Å²) in [5.41, 5.74) is 0.711. The van der Waals surface area contributed by atoms with Crippen LogP contribution in [0.5, 0.6) is 0 Å². The van der Waals surface area contributed by atoms with Gasteiger partial charge in [-0.15, -0.1) is 0 Å². The second kappa shape index (κ2) is 9.48. The molecular weight excluding hydrogens is 435 g/mol. The fraction of sp³-hybridized carbons (Fsp3) is 0.304. The number of fused-ring (bicyclic) bond motifs is 1. The first-order valence-electron chi connectivity index (χ1n) is 10.4. The lowest BCUT2D eigenvalue weighted by Crippen LogP contribution is -2.50. The molecule has 3 aromatic rings. The third-order valence-electron chi connectivity index (χ3n) is 5.55. The van der Waals surface area contributed by atoms with E-state index in [9.17, 15) is 18.8 Å². The third-order valence-corrected chi connectivity index (χ3v) is 5.86. The standard InChI is InChI=1S/C23H22ClFN4O3/c24-18-14-15(25)8-9-16(18)23(32)29-12-10-28(11-13-29)21(30)7-3-6-20-26-19-5-2-1-4-17(19)22(31)27-20/h1-2,4-5,8-9,14H,3,6-7,10-13H2,(H,26,27,31). The minimum atomic E-state index is -0.495. The van der Waals surface area contributed by atoms with Gasteiger partial charge in [0.25, 0.3) is 11.5 Å². The molecule has 2 heterocycles. The summed E-state index contributed by atoms with van der Waals surface area (Å²) in [5, 5.41) is 0.621. The molecule has 0 bridgehead atoms. The fourth-order valence-electron chi connectivity index (χ4n) is 3.81. The molecule has 0 aliphatic carbocycles. The zero-order chi connectivity index (χ0) is 22.7.